The van der Waals surface area contributed by atoms with Crippen LogP contribution in [0.15, 0.2) is 42.5 Å². The maximum absolute atomic E-state index is 11.9. The third-order valence-corrected chi connectivity index (χ3v) is 3.54. The molecular formula is C17H13Cl2NO6. The van der Waals surface area contributed by atoms with Gasteiger partial charge in [-0.1, -0.05) is 35.3 Å². The quantitative estimate of drug-likeness (QED) is 0.561. The molecule has 0 bridgehead atoms. The Bertz CT molecular complexity index is 823. The highest BCUT2D eigenvalue weighted by molar-refractivity contribution is 6.36. The third kappa shape index (κ3) is 6.27. The number of halogens is 2. The average molecular weight is 398 g/mol. The van der Waals surface area contributed by atoms with E-state index in [2.05, 4.69) is 5.32 Å². The van der Waals surface area contributed by atoms with E-state index in [1.54, 1.807) is 24.3 Å². The van der Waals surface area contributed by atoms with Crippen LogP contribution in [-0.2, 0) is 20.9 Å². The molecular weight excluding hydrogens is 385 g/mol. The lowest BCUT2D eigenvalue weighted by Gasteiger charge is -2.09. The Balaban J connectivity index is 1.87. The number of carbonyl (C=O) groups excluding carboxylic acids is 2. The summed E-state index contributed by atoms with van der Waals surface area (Å²) in [6, 6.07) is 10.8. The largest absolute Gasteiger partial charge is 0.481 e. The van der Waals surface area contributed by atoms with Crippen LogP contribution in [0.2, 0.25) is 10.0 Å². The fraction of sp³-hybridized carbons (Fsp3) is 0.118. The number of esters is 1. The van der Waals surface area contributed by atoms with Gasteiger partial charge in [0.15, 0.2) is 0 Å². The number of anilines is 1. The van der Waals surface area contributed by atoms with Gasteiger partial charge in [0, 0.05) is 5.02 Å². The molecule has 2 rings (SSSR count). The molecule has 0 spiro atoms. The van der Waals surface area contributed by atoms with Crippen LogP contribution in [0, 0.1) is 0 Å². The number of carboxylic acid groups (broad SMARTS) is 1. The average Bonchev–Trinajstić information content (AvgIpc) is 2.56. The molecule has 136 valence electrons. The maximum Gasteiger partial charge on any atom is 0.417 e. The standard InChI is InChI=1S/C17H13Cl2NO6/c18-11-3-6-14(13(19)7-11)20-17(24)26-12-4-1-10(2-5-12)9-25-16(23)8-15(21)22/h1-7H,8-9H2,(H,20,24)(H,21,22). The fourth-order valence-electron chi connectivity index (χ4n) is 1.83. The molecule has 0 saturated carbocycles. The van der Waals surface area contributed by atoms with E-state index in [0.29, 0.717) is 16.3 Å². The van der Waals surface area contributed by atoms with Crippen LogP contribution in [0.1, 0.15) is 12.0 Å². The zero-order chi connectivity index (χ0) is 19.1. The fourth-order valence-corrected chi connectivity index (χ4v) is 2.28. The van der Waals surface area contributed by atoms with Crippen molar-refractivity contribution in [3.63, 3.8) is 0 Å². The van der Waals surface area contributed by atoms with Crippen molar-refractivity contribution in [3.8, 4) is 5.75 Å². The molecule has 9 heteroatoms. The van der Waals surface area contributed by atoms with E-state index in [1.807, 2.05) is 0 Å². The highest BCUT2D eigenvalue weighted by Gasteiger charge is 2.10. The van der Waals surface area contributed by atoms with Gasteiger partial charge in [0.25, 0.3) is 0 Å². The van der Waals surface area contributed by atoms with Crippen molar-refractivity contribution in [1.82, 2.24) is 0 Å². The lowest BCUT2D eigenvalue weighted by Crippen LogP contribution is -2.17. The van der Waals surface area contributed by atoms with Crippen molar-refractivity contribution in [2.24, 2.45) is 0 Å². The van der Waals surface area contributed by atoms with Gasteiger partial charge in [0.05, 0.1) is 10.7 Å². The number of carboxylic acids is 1. The summed E-state index contributed by atoms with van der Waals surface area (Å²) >= 11 is 11.7. The first-order valence-electron chi connectivity index (χ1n) is 7.24. The molecule has 0 aliphatic heterocycles. The molecule has 7 nitrogen and oxygen atoms in total. The zero-order valence-corrected chi connectivity index (χ0v) is 14.7. The van der Waals surface area contributed by atoms with E-state index < -0.39 is 24.5 Å². The molecule has 0 atom stereocenters. The first-order chi connectivity index (χ1) is 12.3. The number of hydrogen-bond donors (Lipinski definition) is 2. The summed E-state index contributed by atoms with van der Waals surface area (Å²) in [4.78, 5) is 33.4. The molecule has 2 aromatic rings. The maximum atomic E-state index is 11.9. The highest BCUT2D eigenvalue weighted by Crippen LogP contribution is 2.25. The highest BCUT2D eigenvalue weighted by atomic mass is 35.5. The van der Waals surface area contributed by atoms with Crippen LogP contribution in [-0.4, -0.2) is 23.1 Å². The smallest absolute Gasteiger partial charge is 0.417 e. The minimum atomic E-state index is -1.26. The van der Waals surface area contributed by atoms with Crippen molar-refractivity contribution >= 4 is 46.9 Å². The number of carbonyl (C=O) groups is 3. The normalized spacial score (nSPS) is 10.1. The summed E-state index contributed by atoms with van der Waals surface area (Å²) in [7, 11) is 0. The molecule has 0 unspecified atom stereocenters. The van der Waals surface area contributed by atoms with Crippen LogP contribution in [0.5, 0.6) is 5.75 Å². The number of aliphatic carboxylic acids is 1. The second-order valence-electron chi connectivity index (χ2n) is 5.01. The zero-order valence-electron chi connectivity index (χ0n) is 13.2. The van der Waals surface area contributed by atoms with Gasteiger partial charge >= 0.3 is 18.0 Å². The minimum Gasteiger partial charge on any atom is -0.481 e. The van der Waals surface area contributed by atoms with E-state index in [1.165, 1.54) is 18.2 Å². The van der Waals surface area contributed by atoms with E-state index in [9.17, 15) is 14.4 Å². The summed E-state index contributed by atoms with van der Waals surface area (Å²) in [5.74, 6) is -1.84. The minimum absolute atomic E-state index is 0.0844. The number of ether oxygens (including phenoxy) is 2. The van der Waals surface area contributed by atoms with E-state index >= 15 is 0 Å². The number of benzene rings is 2. The lowest BCUT2D eigenvalue weighted by atomic mass is 10.2. The molecule has 0 aliphatic rings. The van der Waals surface area contributed by atoms with E-state index in [0.717, 1.165) is 0 Å². The summed E-state index contributed by atoms with van der Waals surface area (Å²) in [5.41, 5.74) is 0.959. The van der Waals surface area contributed by atoms with Gasteiger partial charge in [0.2, 0.25) is 0 Å². The Morgan fingerprint density at radius 3 is 2.35 bits per heavy atom. The topological polar surface area (TPSA) is 102 Å². The van der Waals surface area contributed by atoms with E-state index in [4.69, 9.17) is 37.8 Å². The predicted molar refractivity (Wildman–Crippen MR) is 94.6 cm³/mol. The van der Waals surface area contributed by atoms with Gasteiger partial charge in [-0.15, -0.1) is 0 Å². The predicted octanol–water partition coefficient (Wildman–Crippen LogP) is 4.12. The summed E-state index contributed by atoms with van der Waals surface area (Å²) < 4.78 is 9.91. The van der Waals surface area contributed by atoms with Crippen molar-refractivity contribution in [3.05, 3.63) is 58.1 Å². The van der Waals surface area contributed by atoms with Crippen molar-refractivity contribution < 1.29 is 29.0 Å². The molecule has 0 saturated heterocycles. The van der Waals surface area contributed by atoms with Gasteiger partial charge in [-0.05, 0) is 35.9 Å². The monoisotopic (exact) mass is 397 g/mol. The van der Waals surface area contributed by atoms with Gasteiger partial charge in [-0.3, -0.25) is 14.9 Å². The van der Waals surface area contributed by atoms with Crippen molar-refractivity contribution in [1.29, 1.82) is 0 Å². The number of hydrogen-bond acceptors (Lipinski definition) is 5. The molecule has 0 aromatic heterocycles. The van der Waals surface area contributed by atoms with Crippen molar-refractivity contribution in [2.45, 2.75) is 13.0 Å². The number of nitrogens with one attached hydrogen (secondary N) is 1. The molecule has 26 heavy (non-hydrogen) atoms. The van der Waals surface area contributed by atoms with Gasteiger partial charge < -0.3 is 14.6 Å². The second kappa shape index (κ2) is 9.07. The molecule has 0 fully saturated rings. The summed E-state index contributed by atoms with van der Waals surface area (Å²) in [5, 5.41) is 11.7. The summed E-state index contributed by atoms with van der Waals surface area (Å²) in [6.45, 7) is -0.0844. The Kier molecular flexibility index (Phi) is 6.82. The molecule has 0 aliphatic carbocycles. The molecule has 2 aromatic carbocycles. The second-order valence-corrected chi connectivity index (χ2v) is 5.86. The molecule has 2 N–H and O–H groups in total. The van der Waals surface area contributed by atoms with Crippen LogP contribution in [0.4, 0.5) is 10.5 Å². The Labute approximate surface area is 158 Å². The SMILES string of the molecule is O=C(O)CC(=O)OCc1ccc(OC(=O)Nc2ccc(Cl)cc2Cl)cc1. The van der Waals surface area contributed by atoms with Gasteiger partial charge in [-0.2, -0.15) is 0 Å². The van der Waals surface area contributed by atoms with Crippen molar-refractivity contribution in [2.75, 3.05) is 5.32 Å². The van der Waals surface area contributed by atoms with Crippen LogP contribution in [0.25, 0.3) is 0 Å². The third-order valence-electron chi connectivity index (χ3n) is 3.00. The summed E-state index contributed by atoms with van der Waals surface area (Å²) in [6.07, 6.45) is -1.44. The number of rotatable bonds is 6. The Hall–Kier alpha value is -2.77. The molecule has 1 amide bonds. The first kappa shape index (κ1) is 19.6. The first-order valence-corrected chi connectivity index (χ1v) is 7.99. The van der Waals surface area contributed by atoms with E-state index in [-0.39, 0.29) is 17.4 Å². The molecule has 0 heterocycles. The molecule has 0 radical (unpaired) electrons. The Morgan fingerprint density at radius 1 is 1.04 bits per heavy atom. The van der Waals surface area contributed by atoms with Crippen LogP contribution >= 0.6 is 23.2 Å². The van der Waals surface area contributed by atoms with Gasteiger partial charge in [0.1, 0.15) is 18.8 Å². The van der Waals surface area contributed by atoms with Crippen LogP contribution in [0.3, 0.4) is 0 Å². The lowest BCUT2D eigenvalue weighted by molar-refractivity contribution is -0.152. The number of amides is 1. The van der Waals surface area contributed by atoms with Gasteiger partial charge in [-0.25, -0.2) is 4.79 Å². The Morgan fingerprint density at radius 2 is 1.73 bits per heavy atom. The van der Waals surface area contributed by atoms with Crippen LogP contribution < -0.4 is 10.1 Å².